The molecule has 0 N–H and O–H groups in total. The van der Waals surface area contributed by atoms with E-state index in [1.807, 2.05) is 13.0 Å². The molecule has 0 spiro atoms. The lowest BCUT2D eigenvalue weighted by molar-refractivity contribution is 0.0947. The molecule has 1 aliphatic rings. The molecule has 0 aliphatic carbocycles. The maximum Gasteiger partial charge on any atom is 0.182 e. The lowest BCUT2D eigenvalue weighted by atomic mass is 9.94. The molecular weight excluding hydrogens is 208 g/mol. The highest BCUT2D eigenvalue weighted by molar-refractivity contribution is 8.01. The van der Waals surface area contributed by atoms with E-state index in [9.17, 15) is 4.79 Å². The van der Waals surface area contributed by atoms with Crippen molar-refractivity contribution in [2.45, 2.75) is 37.9 Å². The first-order valence-corrected chi connectivity index (χ1v) is 6.41. The molecule has 2 nitrogen and oxygen atoms in total. The molecule has 1 atom stereocenters. The smallest absolute Gasteiger partial charge is 0.182 e. The maximum absolute atomic E-state index is 12.3. The zero-order valence-corrected chi connectivity index (χ0v) is 10.0. The number of furan rings is 1. The van der Waals surface area contributed by atoms with Gasteiger partial charge in [0.1, 0.15) is 5.76 Å². The molecule has 15 heavy (non-hydrogen) atoms. The van der Waals surface area contributed by atoms with E-state index in [0.717, 1.165) is 36.3 Å². The highest BCUT2D eigenvalue weighted by Crippen LogP contribution is 2.40. The molecule has 0 amide bonds. The summed E-state index contributed by atoms with van der Waals surface area (Å²) in [5.41, 5.74) is 0.786. The summed E-state index contributed by atoms with van der Waals surface area (Å²) >= 11 is 1.78. The molecule has 2 heterocycles. The highest BCUT2D eigenvalue weighted by atomic mass is 32.2. The summed E-state index contributed by atoms with van der Waals surface area (Å²) in [6.45, 7) is 4.07. The molecule has 0 saturated carbocycles. The van der Waals surface area contributed by atoms with Crippen molar-refractivity contribution in [1.29, 1.82) is 0 Å². The van der Waals surface area contributed by atoms with E-state index in [-0.39, 0.29) is 10.5 Å². The number of thioether (sulfide) groups is 1. The lowest BCUT2D eigenvalue weighted by Crippen LogP contribution is -2.29. The van der Waals surface area contributed by atoms with Crippen LogP contribution < -0.4 is 0 Å². The van der Waals surface area contributed by atoms with E-state index in [1.54, 1.807) is 18.0 Å². The van der Waals surface area contributed by atoms with Gasteiger partial charge in [-0.3, -0.25) is 4.79 Å². The van der Waals surface area contributed by atoms with Gasteiger partial charge in [-0.15, -0.1) is 11.8 Å². The standard InChI is InChI=1S/C12H16O2S/c1-3-10-9(5-7-14-10)11(13)12(2)6-4-8-15-12/h5,7H,3-4,6,8H2,1-2H3. The van der Waals surface area contributed by atoms with Crippen molar-refractivity contribution in [2.75, 3.05) is 5.75 Å². The number of carbonyl (C=O) groups excluding carboxylic acids is 1. The molecule has 1 saturated heterocycles. The first-order chi connectivity index (χ1) is 7.17. The van der Waals surface area contributed by atoms with Crippen molar-refractivity contribution in [1.82, 2.24) is 0 Å². The maximum atomic E-state index is 12.3. The lowest BCUT2D eigenvalue weighted by Gasteiger charge is -2.20. The average Bonchev–Trinajstić information content (AvgIpc) is 2.85. The number of carbonyl (C=O) groups is 1. The Balaban J connectivity index is 2.27. The van der Waals surface area contributed by atoms with Crippen LogP contribution in [0.5, 0.6) is 0 Å². The number of Topliss-reactive ketones (excluding diaryl/α,β-unsaturated/α-hetero) is 1. The van der Waals surface area contributed by atoms with E-state index in [0.29, 0.717) is 0 Å². The Kier molecular flexibility index (Phi) is 2.91. The van der Waals surface area contributed by atoms with Gasteiger partial charge < -0.3 is 4.42 Å². The molecule has 1 aliphatic heterocycles. The van der Waals surface area contributed by atoms with Crippen LogP contribution in [0.3, 0.4) is 0 Å². The van der Waals surface area contributed by atoms with Gasteiger partial charge in [0.15, 0.2) is 5.78 Å². The molecule has 3 heteroatoms. The van der Waals surface area contributed by atoms with Gasteiger partial charge in [0.2, 0.25) is 0 Å². The molecule has 1 aromatic rings. The Morgan fingerprint density at radius 3 is 3.07 bits per heavy atom. The Bertz CT molecular complexity index is 361. The molecule has 82 valence electrons. The van der Waals surface area contributed by atoms with Crippen LogP contribution in [-0.4, -0.2) is 16.3 Å². The van der Waals surface area contributed by atoms with Gasteiger partial charge in [-0.25, -0.2) is 0 Å². The number of rotatable bonds is 3. The van der Waals surface area contributed by atoms with Crippen LogP contribution in [0.25, 0.3) is 0 Å². The third-order valence-electron chi connectivity index (χ3n) is 3.01. The quantitative estimate of drug-likeness (QED) is 0.738. The predicted octanol–water partition coefficient (Wildman–Crippen LogP) is 3.31. The van der Waals surface area contributed by atoms with Crippen LogP contribution >= 0.6 is 11.8 Å². The monoisotopic (exact) mass is 224 g/mol. The zero-order valence-electron chi connectivity index (χ0n) is 9.21. The van der Waals surface area contributed by atoms with E-state index in [2.05, 4.69) is 6.92 Å². The Labute approximate surface area is 94.4 Å². The fourth-order valence-electron chi connectivity index (χ4n) is 2.06. The topological polar surface area (TPSA) is 30.2 Å². The van der Waals surface area contributed by atoms with Crippen LogP contribution in [-0.2, 0) is 6.42 Å². The van der Waals surface area contributed by atoms with Gasteiger partial charge in [-0.2, -0.15) is 0 Å². The SMILES string of the molecule is CCc1occc1C(=O)C1(C)CCCS1. The van der Waals surface area contributed by atoms with E-state index >= 15 is 0 Å². The van der Waals surface area contributed by atoms with Gasteiger partial charge in [-0.05, 0) is 31.6 Å². The zero-order chi connectivity index (χ0) is 10.9. The van der Waals surface area contributed by atoms with Crippen LogP contribution in [0.4, 0.5) is 0 Å². The molecule has 0 radical (unpaired) electrons. The summed E-state index contributed by atoms with van der Waals surface area (Å²) in [7, 11) is 0. The first-order valence-electron chi connectivity index (χ1n) is 5.42. The van der Waals surface area contributed by atoms with Crippen molar-refractivity contribution in [2.24, 2.45) is 0 Å². The first kappa shape index (κ1) is 10.8. The largest absolute Gasteiger partial charge is 0.469 e. The van der Waals surface area contributed by atoms with E-state index in [1.165, 1.54) is 0 Å². The van der Waals surface area contributed by atoms with Crippen molar-refractivity contribution in [3.63, 3.8) is 0 Å². The molecule has 1 unspecified atom stereocenters. The summed E-state index contributed by atoms with van der Waals surface area (Å²) in [6, 6.07) is 1.81. The van der Waals surface area contributed by atoms with E-state index in [4.69, 9.17) is 4.42 Å². The van der Waals surface area contributed by atoms with Crippen LogP contribution in [0.1, 0.15) is 42.8 Å². The minimum atomic E-state index is -0.214. The summed E-state index contributed by atoms with van der Waals surface area (Å²) in [6.07, 6.45) is 4.54. The average molecular weight is 224 g/mol. The minimum absolute atomic E-state index is 0.214. The summed E-state index contributed by atoms with van der Waals surface area (Å²) < 4.78 is 5.09. The summed E-state index contributed by atoms with van der Waals surface area (Å²) in [4.78, 5) is 12.3. The second kappa shape index (κ2) is 4.05. The molecule has 1 fully saturated rings. The van der Waals surface area contributed by atoms with Crippen molar-refractivity contribution >= 4 is 17.5 Å². The Morgan fingerprint density at radius 2 is 2.47 bits per heavy atom. The number of ketones is 1. The van der Waals surface area contributed by atoms with Gasteiger partial charge in [0.05, 0.1) is 16.6 Å². The number of aryl methyl sites for hydroxylation is 1. The van der Waals surface area contributed by atoms with Gasteiger partial charge in [0.25, 0.3) is 0 Å². The second-order valence-corrected chi connectivity index (χ2v) is 5.72. The van der Waals surface area contributed by atoms with Crippen molar-refractivity contribution in [3.8, 4) is 0 Å². The van der Waals surface area contributed by atoms with Crippen molar-refractivity contribution in [3.05, 3.63) is 23.7 Å². The summed E-state index contributed by atoms with van der Waals surface area (Å²) in [5, 5.41) is 0. The van der Waals surface area contributed by atoms with Gasteiger partial charge in [0, 0.05) is 6.42 Å². The normalized spacial score (nSPS) is 25.7. The number of hydrogen-bond acceptors (Lipinski definition) is 3. The highest BCUT2D eigenvalue weighted by Gasteiger charge is 2.38. The summed E-state index contributed by atoms with van der Waals surface area (Å²) in [5.74, 6) is 2.17. The predicted molar refractivity (Wildman–Crippen MR) is 62.5 cm³/mol. The molecule has 0 bridgehead atoms. The third-order valence-corrected chi connectivity index (χ3v) is 4.53. The molecule has 1 aromatic heterocycles. The molecule has 2 rings (SSSR count). The Morgan fingerprint density at radius 1 is 1.67 bits per heavy atom. The molecular formula is C12H16O2S. The van der Waals surface area contributed by atoms with Crippen LogP contribution in [0, 0.1) is 0 Å². The molecule has 0 aromatic carbocycles. The van der Waals surface area contributed by atoms with Crippen LogP contribution in [0.15, 0.2) is 16.7 Å². The second-order valence-electron chi connectivity index (χ2n) is 4.12. The fraction of sp³-hybridized carbons (Fsp3) is 0.583. The fourth-order valence-corrected chi connectivity index (χ4v) is 3.33. The Hall–Kier alpha value is -0.700. The van der Waals surface area contributed by atoms with Crippen molar-refractivity contribution < 1.29 is 9.21 Å². The van der Waals surface area contributed by atoms with Gasteiger partial charge >= 0.3 is 0 Å². The van der Waals surface area contributed by atoms with Crippen LogP contribution in [0.2, 0.25) is 0 Å². The van der Waals surface area contributed by atoms with E-state index < -0.39 is 0 Å². The minimum Gasteiger partial charge on any atom is -0.469 e. The van der Waals surface area contributed by atoms with Gasteiger partial charge in [-0.1, -0.05) is 6.92 Å². The number of hydrogen-bond donors (Lipinski definition) is 0. The third kappa shape index (κ3) is 1.85.